The third-order valence-corrected chi connectivity index (χ3v) is 5.33. The Hall–Kier alpha value is -1.69. The fourth-order valence-corrected chi connectivity index (χ4v) is 4.24. The Morgan fingerprint density at radius 2 is 1.96 bits per heavy atom. The summed E-state index contributed by atoms with van der Waals surface area (Å²) < 4.78 is 34.4. The van der Waals surface area contributed by atoms with Crippen LogP contribution < -0.4 is 4.74 Å². The van der Waals surface area contributed by atoms with Gasteiger partial charge in [0.2, 0.25) is 0 Å². The monoisotopic (exact) mass is 339 g/mol. The maximum Gasteiger partial charge on any atom is 0.387 e. The topological polar surface area (TPSA) is 38.8 Å². The molecular formula is C18H23F2NO3. The molecule has 1 amide bonds. The van der Waals surface area contributed by atoms with Gasteiger partial charge in [0.1, 0.15) is 5.75 Å². The number of hydrogen-bond acceptors (Lipinski definition) is 3. The fourth-order valence-electron chi connectivity index (χ4n) is 4.24. The van der Waals surface area contributed by atoms with Crippen LogP contribution >= 0.6 is 0 Å². The van der Waals surface area contributed by atoms with Crippen molar-refractivity contribution in [2.24, 2.45) is 5.41 Å². The summed E-state index contributed by atoms with van der Waals surface area (Å²) in [5.41, 5.74) is 0.571. The number of ether oxygens (including phenoxy) is 2. The molecule has 0 aromatic heterocycles. The van der Waals surface area contributed by atoms with E-state index in [-0.39, 0.29) is 23.2 Å². The van der Waals surface area contributed by atoms with Crippen molar-refractivity contribution < 1.29 is 23.0 Å². The molecule has 1 aromatic rings. The van der Waals surface area contributed by atoms with Crippen LogP contribution in [0.2, 0.25) is 0 Å². The molecule has 2 atom stereocenters. The number of carbonyl (C=O) groups is 1. The zero-order valence-corrected chi connectivity index (χ0v) is 13.8. The van der Waals surface area contributed by atoms with Crippen molar-refractivity contribution in [1.82, 2.24) is 4.90 Å². The number of halogens is 2. The minimum absolute atomic E-state index is 0.0561. The molecule has 1 saturated heterocycles. The maximum absolute atomic E-state index is 12.8. The molecule has 1 aromatic carbocycles. The van der Waals surface area contributed by atoms with Crippen LogP contribution in [0.3, 0.4) is 0 Å². The minimum atomic E-state index is -2.86. The van der Waals surface area contributed by atoms with Crippen molar-refractivity contribution in [3.63, 3.8) is 0 Å². The van der Waals surface area contributed by atoms with Crippen LogP contribution in [0.5, 0.6) is 5.75 Å². The lowest BCUT2D eigenvalue weighted by Gasteiger charge is -2.43. The van der Waals surface area contributed by atoms with Gasteiger partial charge in [0.05, 0.1) is 6.10 Å². The average Bonchev–Trinajstić information content (AvgIpc) is 2.96. The summed E-state index contributed by atoms with van der Waals surface area (Å²) >= 11 is 0. The molecule has 1 aliphatic carbocycles. The summed E-state index contributed by atoms with van der Waals surface area (Å²) in [6.07, 6.45) is 5.57. The predicted molar refractivity (Wildman–Crippen MR) is 85.3 cm³/mol. The highest BCUT2D eigenvalue weighted by Gasteiger charge is 2.46. The molecule has 0 radical (unpaired) electrons. The molecule has 132 valence electrons. The van der Waals surface area contributed by atoms with Gasteiger partial charge in [-0.2, -0.15) is 8.78 Å². The van der Waals surface area contributed by atoms with Gasteiger partial charge in [-0.3, -0.25) is 4.79 Å². The van der Waals surface area contributed by atoms with Gasteiger partial charge in [-0.15, -0.1) is 0 Å². The van der Waals surface area contributed by atoms with E-state index in [1.807, 2.05) is 4.90 Å². The lowest BCUT2D eigenvalue weighted by molar-refractivity contribution is -0.0498. The van der Waals surface area contributed by atoms with Gasteiger partial charge in [-0.25, -0.2) is 0 Å². The number of rotatable bonds is 4. The van der Waals surface area contributed by atoms with E-state index in [0.29, 0.717) is 12.1 Å². The summed E-state index contributed by atoms with van der Waals surface area (Å²) in [6.45, 7) is -1.42. The first-order valence-corrected chi connectivity index (χ1v) is 8.41. The molecule has 24 heavy (non-hydrogen) atoms. The van der Waals surface area contributed by atoms with E-state index >= 15 is 0 Å². The Balaban J connectivity index is 1.70. The van der Waals surface area contributed by atoms with Crippen molar-refractivity contribution in [1.29, 1.82) is 0 Å². The summed E-state index contributed by atoms with van der Waals surface area (Å²) in [5, 5.41) is 0. The SMILES string of the molecule is CO[C@@H]1CCC[C@]12CCCN(C(=O)c1ccc(OC(F)F)cc1)C2. The van der Waals surface area contributed by atoms with E-state index < -0.39 is 6.61 Å². The number of piperidine rings is 1. The van der Waals surface area contributed by atoms with Crippen LogP contribution in [0.15, 0.2) is 24.3 Å². The van der Waals surface area contributed by atoms with Crippen molar-refractivity contribution in [2.45, 2.75) is 44.8 Å². The summed E-state index contributed by atoms with van der Waals surface area (Å²) in [4.78, 5) is 14.6. The zero-order valence-electron chi connectivity index (χ0n) is 13.8. The van der Waals surface area contributed by atoms with Gasteiger partial charge in [0, 0.05) is 31.2 Å². The summed E-state index contributed by atoms with van der Waals surface area (Å²) in [6, 6.07) is 5.91. The van der Waals surface area contributed by atoms with Crippen molar-refractivity contribution in [3.8, 4) is 5.75 Å². The van der Waals surface area contributed by atoms with Gasteiger partial charge >= 0.3 is 6.61 Å². The third kappa shape index (κ3) is 3.38. The first-order chi connectivity index (χ1) is 11.5. The van der Waals surface area contributed by atoms with Crippen LogP contribution in [-0.4, -0.2) is 43.7 Å². The van der Waals surface area contributed by atoms with Crippen molar-refractivity contribution in [3.05, 3.63) is 29.8 Å². The van der Waals surface area contributed by atoms with Crippen LogP contribution in [0, 0.1) is 5.41 Å². The highest BCUT2D eigenvalue weighted by Crippen LogP contribution is 2.46. The Kier molecular flexibility index (Phi) is 5.04. The predicted octanol–water partition coefficient (Wildman–Crippen LogP) is 3.71. The van der Waals surface area contributed by atoms with Crippen LogP contribution in [-0.2, 0) is 4.74 Å². The van der Waals surface area contributed by atoms with E-state index in [9.17, 15) is 13.6 Å². The Morgan fingerprint density at radius 1 is 1.25 bits per heavy atom. The molecule has 1 spiro atoms. The van der Waals surface area contributed by atoms with E-state index in [0.717, 1.165) is 38.6 Å². The smallest absolute Gasteiger partial charge is 0.387 e. The van der Waals surface area contributed by atoms with Gasteiger partial charge in [-0.05, 0) is 49.9 Å². The zero-order chi connectivity index (χ0) is 17.2. The molecule has 0 N–H and O–H groups in total. The molecule has 3 rings (SSSR count). The molecule has 4 nitrogen and oxygen atoms in total. The molecule has 1 aliphatic heterocycles. The van der Waals surface area contributed by atoms with Crippen molar-refractivity contribution >= 4 is 5.91 Å². The van der Waals surface area contributed by atoms with Gasteiger partial charge in [0.25, 0.3) is 5.91 Å². The highest BCUT2D eigenvalue weighted by molar-refractivity contribution is 5.94. The first-order valence-electron chi connectivity index (χ1n) is 8.41. The second kappa shape index (κ2) is 7.05. The lowest BCUT2D eigenvalue weighted by atomic mass is 9.76. The molecule has 1 saturated carbocycles. The Labute approximate surface area is 140 Å². The van der Waals surface area contributed by atoms with Crippen LogP contribution in [0.4, 0.5) is 8.78 Å². The number of amides is 1. The largest absolute Gasteiger partial charge is 0.435 e. The molecule has 2 aliphatic rings. The van der Waals surface area contributed by atoms with E-state index in [1.165, 1.54) is 12.1 Å². The van der Waals surface area contributed by atoms with Crippen LogP contribution in [0.25, 0.3) is 0 Å². The van der Waals surface area contributed by atoms with Crippen LogP contribution in [0.1, 0.15) is 42.5 Å². The number of hydrogen-bond donors (Lipinski definition) is 0. The lowest BCUT2D eigenvalue weighted by Crippen LogP contribution is -2.49. The molecular weight excluding hydrogens is 316 g/mol. The standard InChI is InChI=1S/C18H23F2NO3/c1-23-15-4-2-9-18(15)10-3-11-21(12-18)16(22)13-5-7-14(8-6-13)24-17(19)20/h5-8,15,17H,2-4,9-12H2,1H3/t15-,18-/m1/s1. The number of alkyl halides is 2. The highest BCUT2D eigenvalue weighted by atomic mass is 19.3. The van der Waals surface area contributed by atoms with E-state index in [1.54, 1.807) is 19.2 Å². The quantitative estimate of drug-likeness (QED) is 0.839. The number of nitrogens with zero attached hydrogens (tertiary/aromatic N) is 1. The molecule has 1 heterocycles. The summed E-state index contributed by atoms with van der Waals surface area (Å²) in [5.74, 6) is 0.00586. The Bertz CT molecular complexity index is 578. The minimum Gasteiger partial charge on any atom is -0.435 e. The second-order valence-corrected chi connectivity index (χ2v) is 6.71. The molecule has 6 heteroatoms. The van der Waals surface area contributed by atoms with Crippen molar-refractivity contribution in [2.75, 3.05) is 20.2 Å². The number of carbonyl (C=O) groups excluding carboxylic acids is 1. The molecule has 2 fully saturated rings. The Morgan fingerprint density at radius 3 is 2.62 bits per heavy atom. The van der Waals surface area contributed by atoms with Gasteiger partial charge < -0.3 is 14.4 Å². The average molecular weight is 339 g/mol. The third-order valence-electron chi connectivity index (χ3n) is 5.33. The fraction of sp³-hybridized carbons (Fsp3) is 0.611. The maximum atomic E-state index is 12.8. The van der Waals surface area contributed by atoms with Gasteiger partial charge in [0.15, 0.2) is 0 Å². The molecule has 0 bridgehead atoms. The van der Waals surface area contributed by atoms with Gasteiger partial charge in [-0.1, -0.05) is 6.42 Å². The number of methoxy groups -OCH3 is 1. The van der Waals surface area contributed by atoms with E-state index in [2.05, 4.69) is 4.74 Å². The normalized spacial score (nSPS) is 27.0. The number of likely N-dealkylation sites (tertiary alicyclic amines) is 1. The number of benzene rings is 1. The molecule has 0 unspecified atom stereocenters. The summed E-state index contributed by atoms with van der Waals surface area (Å²) in [7, 11) is 1.75. The first kappa shape index (κ1) is 17.1. The second-order valence-electron chi connectivity index (χ2n) is 6.71. The van der Waals surface area contributed by atoms with E-state index in [4.69, 9.17) is 4.74 Å².